The Morgan fingerprint density at radius 3 is 2.93 bits per heavy atom. The first kappa shape index (κ1) is 10.4. The van der Waals surface area contributed by atoms with E-state index in [0.29, 0.717) is 12.1 Å². The molecule has 1 fully saturated rings. The van der Waals surface area contributed by atoms with Crippen LogP contribution >= 0.6 is 0 Å². The normalized spacial score (nSPS) is 26.3. The third kappa shape index (κ3) is 2.45. The van der Waals surface area contributed by atoms with Crippen LogP contribution in [0.15, 0.2) is 12.4 Å². The quantitative estimate of drug-likeness (QED) is 0.766. The molecule has 1 aromatic heterocycles. The van der Waals surface area contributed by atoms with E-state index in [4.69, 9.17) is 0 Å². The van der Waals surface area contributed by atoms with Gasteiger partial charge in [-0.05, 0) is 33.2 Å². The Morgan fingerprint density at radius 2 is 2.20 bits per heavy atom. The predicted molar refractivity (Wildman–Crippen MR) is 60.9 cm³/mol. The van der Waals surface area contributed by atoms with Gasteiger partial charge in [-0.15, -0.1) is 0 Å². The minimum atomic E-state index is 0.467. The first-order valence-electron chi connectivity index (χ1n) is 5.55. The topological polar surface area (TPSA) is 49.8 Å². The molecular weight excluding hydrogens is 188 g/mol. The summed E-state index contributed by atoms with van der Waals surface area (Å²) in [6.45, 7) is 5.32. The number of nitrogens with zero attached hydrogens (tertiary/aromatic N) is 2. The van der Waals surface area contributed by atoms with Gasteiger partial charge >= 0.3 is 0 Å². The summed E-state index contributed by atoms with van der Waals surface area (Å²) in [7, 11) is 0. The molecule has 1 aliphatic rings. The molecule has 15 heavy (non-hydrogen) atoms. The zero-order valence-corrected chi connectivity index (χ0v) is 9.33. The van der Waals surface area contributed by atoms with E-state index >= 15 is 0 Å². The van der Waals surface area contributed by atoms with Crippen molar-refractivity contribution in [2.45, 2.75) is 38.8 Å². The molecule has 2 heterocycles. The zero-order valence-electron chi connectivity index (χ0n) is 9.33. The molecule has 0 bridgehead atoms. The fourth-order valence-electron chi connectivity index (χ4n) is 1.97. The van der Waals surface area contributed by atoms with Gasteiger partial charge in [0.25, 0.3) is 0 Å². The van der Waals surface area contributed by atoms with Crippen LogP contribution in [0.3, 0.4) is 0 Å². The lowest BCUT2D eigenvalue weighted by Crippen LogP contribution is -2.46. The second-order valence-electron chi connectivity index (χ2n) is 4.13. The molecule has 4 heteroatoms. The van der Waals surface area contributed by atoms with Gasteiger partial charge in [0.2, 0.25) is 0 Å². The van der Waals surface area contributed by atoms with Crippen LogP contribution in [0.25, 0.3) is 0 Å². The molecule has 2 rings (SSSR count). The summed E-state index contributed by atoms with van der Waals surface area (Å²) in [6.07, 6.45) is 5.88. The van der Waals surface area contributed by atoms with E-state index in [9.17, 15) is 0 Å². The van der Waals surface area contributed by atoms with Crippen LogP contribution in [0.2, 0.25) is 0 Å². The molecule has 0 radical (unpaired) electrons. The number of aryl methyl sites for hydroxylation is 1. The Labute approximate surface area is 90.5 Å². The summed E-state index contributed by atoms with van der Waals surface area (Å²) in [5.41, 5.74) is 0.968. The molecular formula is C11H18N4. The van der Waals surface area contributed by atoms with Gasteiger partial charge in [0.15, 0.2) is 0 Å². The van der Waals surface area contributed by atoms with Crippen molar-refractivity contribution in [3.05, 3.63) is 18.1 Å². The lowest BCUT2D eigenvalue weighted by molar-refractivity contribution is 0.388. The number of rotatable bonds is 2. The highest BCUT2D eigenvalue weighted by Crippen LogP contribution is 2.15. The van der Waals surface area contributed by atoms with Gasteiger partial charge in [0.1, 0.15) is 5.82 Å². The van der Waals surface area contributed by atoms with Crippen LogP contribution < -0.4 is 10.6 Å². The van der Waals surface area contributed by atoms with Crippen molar-refractivity contribution in [2.24, 2.45) is 0 Å². The number of nitrogens with one attached hydrogen (secondary N) is 2. The van der Waals surface area contributed by atoms with Crippen molar-refractivity contribution in [3.63, 3.8) is 0 Å². The Balaban J connectivity index is 2.04. The number of hydrogen-bond donors (Lipinski definition) is 2. The molecule has 1 aliphatic heterocycles. The van der Waals surface area contributed by atoms with Crippen molar-refractivity contribution in [3.8, 4) is 0 Å². The Bertz CT molecular complexity index is 326. The maximum atomic E-state index is 4.31. The average Bonchev–Trinajstić information content (AvgIpc) is 2.24. The van der Waals surface area contributed by atoms with Crippen LogP contribution in [-0.2, 0) is 0 Å². The number of piperidine rings is 1. The minimum absolute atomic E-state index is 0.467. The molecule has 0 aliphatic carbocycles. The monoisotopic (exact) mass is 206 g/mol. The van der Waals surface area contributed by atoms with Crippen LogP contribution in [0.5, 0.6) is 0 Å². The Morgan fingerprint density at radius 1 is 1.40 bits per heavy atom. The fraction of sp³-hybridized carbons (Fsp3) is 0.636. The molecule has 2 unspecified atom stereocenters. The van der Waals surface area contributed by atoms with Gasteiger partial charge in [-0.2, -0.15) is 0 Å². The summed E-state index contributed by atoms with van der Waals surface area (Å²) in [5, 5.41) is 6.92. The van der Waals surface area contributed by atoms with Gasteiger partial charge in [0.05, 0.1) is 5.69 Å². The second-order valence-corrected chi connectivity index (χ2v) is 4.13. The summed E-state index contributed by atoms with van der Waals surface area (Å²) in [5.74, 6) is 0.915. The zero-order chi connectivity index (χ0) is 10.7. The van der Waals surface area contributed by atoms with Crippen LogP contribution in [0.1, 0.15) is 25.5 Å². The molecule has 1 aromatic rings. The Kier molecular flexibility index (Phi) is 3.16. The van der Waals surface area contributed by atoms with Crippen molar-refractivity contribution in [1.29, 1.82) is 0 Å². The molecule has 0 amide bonds. The van der Waals surface area contributed by atoms with Crippen molar-refractivity contribution in [1.82, 2.24) is 15.3 Å². The molecule has 1 saturated heterocycles. The summed E-state index contributed by atoms with van der Waals surface area (Å²) < 4.78 is 0. The van der Waals surface area contributed by atoms with E-state index in [0.717, 1.165) is 18.1 Å². The maximum absolute atomic E-state index is 4.31. The molecule has 0 aromatic carbocycles. The average molecular weight is 206 g/mol. The van der Waals surface area contributed by atoms with E-state index in [-0.39, 0.29) is 0 Å². The highest BCUT2D eigenvalue weighted by molar-refractivity contribution is 5.39. The standard InChI is InChI=1S/C11H18N4/c1-8-10(4-3-5-12-8)15-11-9(2)13-6-7-14-11/h6-8,10,12H,3-5H2,1-2H3,(H,14,15). The van der Waals surface area contributed by atoms with Crippen LogP contribution in [0.4, 0.5) is 5.82 Å². The van der Waals surface area contributed by atoms with E-state index < -0.39 is 0 Å². The number of anilines is 1. The third-order valence-corrected chi connectivity index (χ3v) is 2.97. The third-order valence-electron chi connectivity index (χ3n) is 2.97. The predicted octanol–water partition coefficient (Wildman–Crippen LogP) is 1.34. The van der Waals surface area contributed by atoms with Crippen molar-refractivity contribution >= 4 is 5.82 Å². The summed E-state index contributed by atoms with van der Waals surface area (Å²) >= 11 is 0. The van der Waals surface area contributed by atoms with E-state index in [1.165, 1.54) is 12.8 Å². The highest BCUT2D eigenvalue weighted by Gasteiger charge is 2.21. The molecule has 82 valence electrons. The van der Waals surface area contributed by atoms with E-state index in [2.05, 4.69) is 27.5 Å². The van der Waals surface area contributed by atoms with E-state index in [1.807, 2.05) is 6.92 Å². The van der Waals surface area contributed by atoms with Gasteiger partial charge in [0, 0.05) is 24.5 Å². The van der Waals surface area contributed by atoms with Crippen LogP contribution in [0, 0.1) is 6.92 Å². The Hall–Kier alpha value is -1.16. The van der Waals surface area contributed by atoms with Crippen molar-refractivity contribution < 1.29 is 0 Å². The van der Waals surface area contributed by atoms with Crippen LogP contribution in [-0.4, -0.2) is 28.6 Å². The molecule has 0 saturated carbocycles. The second kappa shape index (κ2) is 4.57. The van der Waals surface area contributed by atoms with Gasteiger partial charge in [-0.1, -0.05) is 0 Å². The lowest BCUT2D eigenvalue weighted by atomic mass is 10.00. The summed E-state index contributed by atoms with van der Waals surface area (Å²) in [4.78, 5) is 8.53. The molecule has 0 spiro atoms. The first-order chi connectivity index (χ1) is 7.27. The van der Waals surface area contributed by atoms with Gasteiger partial charge < -0.3 is 10.6 Å². The maximum Gasteiger partial charge on any atom is 0.147 e. The minimum Gasteiger partial charge on any atom is -0.364 e. The summed E-state index contributed by atoms with van der Waals surface area (Å²) in [6, 6.07) is 0.967. The highest BCUT2D eigenvalue weighted by atomic mass is 15.1. The SMILES string of the molecule is Cc1nccnc1NC1CCCNC1C. The smallest absolute Gasteiger partial charge is 0.147 e. The molecule has 4 nitrogen and oxygen atoms in total. The molecule has 2 atom stereocenters. The fourth-order valence-corrected chi connectivity index (χ4v) is 1.97. The first-order valence-corrected chi connectivity index (χ1v) is 5.55. The van der Waals surface area contributed by atoms with E-state index in [1.54, 1.807) is 12.4 Å². The lowest BCUT2D eigenvalue weighted by Gasteiger charge is -2.31. The number of hydrogen-bond acceptors (Lipinski definition) is 4. The van der Waals surface area contributed by atoms with Gasteiger partial charge in [-0.3, -0.25) is 4.98 Å². The number of aromatic nitrogens is 2. The molecule has 2 N–H and O–H groups in total. The van der Waals surface area contributed by atoms with Crippen molar-refractivity contribution in [2.75, 3.05) is 11.9 Å². The van der Waals surface area contributed by atoms with Gasteiger partial charge in [-0.25, -0.2) is 4.98 Å². The largest absolute Gasteiger partial charge is 0.364 e.